The maximum atomic E-state index is 6.22. The summed E-state index contributed by atoms with van der Waals surface area (Å²) in [5.41, 5.74) is 4.62. The summed E-state index contributed by atoms with van der Waals surface area (Å²) in [5.74, 6) is 2.52. The number of ether oxygens (including phenoxy) is 3. The smallest absolute Gasteiger partial charge is 0.164 e. The van der Waals surface area contributed by atoms with Gasteiger partial charge in [0.25, 0.3) is 0 Å². The highest BCUT2D eigenvalue weighted by Gasteiger charge is 2.50. The molecule has 4 heterocycles. The highest BCUT2D eigenvalue weighted by molar-refractivity contribution is 5.70. The molecule has 0 N–H and O–H groups in total. The zero-order valence-electron chi connectivity index (χ0n) is 16.1. The van der Waals surface area contributed by atoms with Gasteiger partial charge >= 0.3 is 0 Å². The molecule has 0 aliphatic carbocycles. The van der Waals surface area contributed by atoms with E-state index >= 15 is 0 Å². The van der Waals surface area contributed by atoms with Crippen LogP contribution in [0.15, 0.2) is 60.8 Å². The predicted molar refractivity (Wildman–Crippen MR) is 110 cm³/mol. The fraction of sp³-hybridized carbons (Fsp3) is 0.292. The van der Waals surface area contributed by atoms with Crippen LogP contribution in [0.2, 0.25) is 0 Å². The largest absolute Gasteiger partial charge is 0.492 e. The number of benzene rings is 2. The van der Waals surface area contributed by atoms with E-state index in [1.807, 2.05) is 24.4 Å². The van der Waals surface area contributed by atoms with Crippen molar-refractivity contribution in [2.24, 2.45) is 0 Å². The summed E-state index contributed by atoms with van der Waals surface area (Å²) in [6, 6.07) is 18.9. The first-order valence-corrected chi connectivity index (χ1v) is 10.1. The minimum absolute atomic E-state index is 0.203. The van der Waals surface area contributed by atoms with Gasteiger partial charge in [-0.2, -0.15) is 0 Å². The minimum atomic E-state index is -0.203. The van der Waals surface area contributed by atoms with Gasteiger partial charge in [-0.1, -0.05) is 24.3 Å². The van der Waals surface area contributed by atoms with Gasteiger partial charge < -0.3 is 19.1 Å². The van der Waals surface area contributed by atoms with Gasteiger partial charge in [-0.25, -0.2) is 0 Å². The molecule has 146 valence electrons. The summed E-state index contributed by atoms with van der Waals surface area (Å²) < 4.78 is 18.1. The Hall–Kier alpha value is -3.21. The van der Waals surface area contributed by atoms with Crippen LogP contribution in [0.25, 0.3) is 0 Å². The van der Waals surface area contributed by atoms with E-state index in [0.717, 1.165) is 42.5 Å². The molecule has 0 saturated carbocycles. The minimum Gasteiger partial charge on any atom is -0.492 e. The van der Waals surface area contributed by atoms with Crippen LogP contribution in [0.3, 0.4) is 0 Å². The van der Waals surface area contributed by atoms with Gasteiger partial charge in [0.1, 0.15) is 12.4 Å². The lowest BCUT2D eigenvalue weighted by atomic mass is 9.77. The lowest BCUT2D eigenvalue weighted by Crippen LogP contribution is -2.36. The molecule has 5 heteroatoms. The van der Waals surface area contributed by atoms with Gasteiger partial charge in [0.05, 0.1) is 30.9 Å². The Bertz CT molecular complexity index is 1070. The second-order valence-corrected chi connectivity index (χ2v) is 7.91. The number of aromatic nitrogens is 1. The Morgan fingerprint density at radius 1 is 0.862 bits per heavy atom. The van der Waals surface area contributed by atoms with Crippen molar-refractivity contribution in [1.29, 1.82) is 0 Å². The van der Waals surface area contributed by atoms with E-state index in [0.29, 0.717) is 19.8 Å². The first-order chi connectivity index (χ1) is 14.3. The van der Waals surface area contributed by atoms with Gasteiger partial charge in [0.15, 0.2) is 11.5 Å². The van der Waals surface area contributed by atoms with Crippen molar-refractivity contribution in [2.45, 2.75) is 18.4 Å². The Kier molecular flexibility index (Phi) is 3.69. The molecule has 3 aromatic rings. The summed E-state index contributed by atoms with van der Waals surface area (Å²) >= 11 is 0. The highest BCUT2D eigenvalue weighted by Crippen LogP contribution is 2.54. The van der Waals surface area contributed by atoms with Crippen molar-refractivity contribution in [3.8, 4) is 17.2 Å². The van der Waals surface area contributed by atoms with Crippen molar-refractivity contribution < 1.29 is 14.2 Å². The SMILES string of the molecule is c1ccc(CN2CC3(COc4cc5c(cc43)OCCCO5)c3ccccc32)nc1. The first-order valence-electron chi connectivity index (χ1n) is 10.1. The molecular weight excluding hydrogens is 364 g/mol. The highest BCUT2D eigenvalue weighted by atomic mass is 16.5. The Morgan fingerprint density at radius 2 is 1.69 bits per heavy atom. The van der Waals surface area contributed by atoms with E-state index in [-0.39, 0.29) is 5.41 Å². The monoisotopic (exact) mass is 386 g/mol. The molecule has 0 bridgehead atoms. The maximum Gasteiger partial charge on any atom is 0.164 e. The molecule has 6 rings (SSSR count). The van der Waals surface area contributed by atoms with Crippen molar-refractivity contribution in [3.05, 3.63) is 77.6 Å². The van der Waals surface area contributed by atoms with Crippen LogP contribution in [0.4, 0.5) is 5.69 Å². The van der Waals surface area contributed by atoms with E-state index in [1.54, 1.807) is 0 Å². The molecule has 1 atom stereocenters. The Labute approximate surface area is 169 Å². The first kappa shape index (κ1) is 16.7. The summed E-state index contributed by atoms with van der Waals surface area (Å²) in [5, 5.41) is 0. The summed E-state index contributed by atoms with van der Waals surface area (Å²) in [7, 11) is 0. The topological polar surface area (TPSA) is 43.8 Å². The molecule has 2 aromatic carbocycles. The summed E-state index contributed by atoms with van der Waals surface area (Å²) in [6.07, 6.45) is 2.75. The van der Waals surface area contributed by atoms with E-state index in [4.69, 9.17) is 14.2 Å². The zero-order chi connectivity index (χ0) is 19.3. The third-order valence-electron chi connectivity index (χ3n) is 6.14. The molecule has 29 heavy (non-hydrogen) atoms. The fourth-order valence-corrected chi connectivity index (χ4v) is 4.79. The fourth-order valence-electron chi connectivity index (χ4n) is 4.79. The second kappa shape index (κ2) is 6.41. The van der Waals surface area contributed by atoms with Gasteiger partial charge in [0, 0.05) is 36.5 Å². The number of hydrogen-bond donors (Lipinski definition) is 0. The Morgan fingerprint density at radius 3 is 2.55 bits per heavy atom. The Balaban J connectivity index is 1.44. The van der Waals surface area contributed by atoms with E-state index < -0.39 is 0 Å². The third kappa shape index (κ3) is 2.57. The average molecular weight is 386 g/mol. The van der Waals surface area contributed by atoms with Crippen molar-refractivity contribution in [2.75, 3.05) is 31.3 Å². The van der Waals surface area contributed by atoms with E-state index in [2.05, 4.69) is 46.3 Å². The number of fused-ring (bicyclic) bond motifs is 5. The van der Waals surface area contributed by atoms with E-state index in [1.165, 1.54) is 16.8 Å². The molecular formula is C24H22N2O3. The standard InChI is InChI=1S/C24H22N2O3/c1-2-8-20-18(7-1)24(15-26(20)14-17-6-3-4-9-25-17)16-29-21-13-23-22(12-19(21)24)27-10-5-11-28-23/h1-4,6-9,12-13H,5,10-11,14-16H2. The molecule has 1 unspecified atom stereocenters. The number of hydrogen-bond acceptors (Lipinski definition) is 5. The maximum absolute atomic E-state index is 6.22. The number of rotatable bonds is 2. The van der Waals surface area contributed by atoms with Gasteiger partial charge in [-0.05, 0) is 29.8 Å². The van der Waals surface area contributed by atoms with E-state index in [9.17, 15) is 0 Å². The molecule has 0 fully saturated rings. The molecule has 5 nitrogen and oxygen atoms in total. The van der Waals surface area contributed by atoms with Crippen LogP contribution < -0.4 is 19.1 Å². The normalized spacial score (nSPS) is 21.4. The van der Waals surface area contributed by atoms with Gasteiger partial charge in [-0.15, -0.1) is 0 Å². The summed E-state index contributed by atoms with van der Waals surface area (Å²) in [4.78, 5) is 6.95. The number of para-hydroxylation sites is 1. The molecule has 1 spiro atoms. The van der Waals surface area contributed by atoms with Crippen LogP contribution in [0.1, 0.15) is 23.2 Å². The van der Waals surface area contributed by atoms with Crippen LogP contribution in [-0.2, 0) is 12.0 Å². The number of nitrogens with zero attached hydrogens (tertiary/aromatic N) is 2. The lowest BCUT2D eigenvalue weighted by Gasteiger charge is -2.25. The lowest BCUT2D eigenvalue weighted by molar-refractivity contribution is 0.290. The van der Waals surface area contributed by atoms with Gasteiger partial charge in [0.2, 0.25) is 0 Å². The molecule has 3 aliphatic rings. The molecule has 0 saturated heterocycles. The third-order valence-corrected chi connectivity index (χ3v) is 6.14. The van der Waals surface area contributed by atoms with Crippen molar-refractivity contribution >= 4 is 5.69 Å². The van der Waals surface area contributed by atoms with Crippen LogP contribution >= 0.6 is 0 Å². The number of anilines is 1. The quantitative estimate of drug-likeness (QED) is 0.667. The second-order valence-electron chi connectivity index (χ2n) is 7.91. The van der Waals surface area contributed by atoms with Crippen LogP contribution in [-0.4, -0.2) is 31.3 Å². The summed E-state index contributed by atoms with van der Waals surface area (Å²) in [6.45, 7) is 3.62. The number of pyridine rings is 1. The zero-order valence-corrected chi connectivity index (χ0v) is 16.1. The van der Waals surface area contributed by atoms with Crippen LogP contribution in [0.5, 0.6) is 17.2 Å². The van der Waals surface area contributed by atoms with Crippen molar-refractivity contribution in [3.63, 3.8) is 0 Å². The van der Waals surface area contributed by atoms with Gasteiger partial charge in [-0.3, -0.25) is 4.98 Å². The molecule has 0 radical (unpaired) electrons. The van der Waals surface area contributed by atoms with Crippen LogP contribution in [0, 0.1) is 0 Å². The molecule has 1 aromatic heterocycles. The molecule has 0 amide bonds. The average Bonchev–Trinajstić information content (AvgIpc) is 3.16. The van der Waals surface area contributed by atoms with Crippen molar-refractivity contribution in [1.82, 2.24) is 4.98 Å². The molecule has 3 aliphatic heterocycles. The predicted octanol–water partition coefficient (Wildman–Crippen LogP) is 3.94.